The van der Waals surface area contributed by atoms with Crippen LogP contribution in [0.15, 0.2) is 49.8 Å². The van der Waals surface area contributed by atoms with Crippen molar-refractivity contribution in [3.05, 3.63) is 55.4 Å². The van der Waals surface area contributed by atoms with Gasteiger partial charge in [-0.1, -0.05) is 22.0 Å². The van der Waals surface area contributed by atoms with Gasteiger partial charge in [0.25, 0.3) is 0 Å². The quantitative estimate of drug-likeness (QED) is 0.455. The van der Waals surface area contributed by atoms with Gasteiger partial charge in [-0.3, -0.25) is 0 Å². The summed E-state index contributed by atoms with van der Waals surface area (Å²) in [4.78, 5) is 11.5. The molecule has 20 heavy (non-hydrogen) atoms. The van der Waals surface area contributed by atoms with Crippen molar-refractivity contribution in [3.8, 4) is 0 Å². The number of halogens is 3. The molecule has 0 unspecified atom stereocenters. The Bertz CT molecular complexity index is 872. The Kier molecular flexibility index (Phi) is 3.60. The molecule has 0 amide bonds. The van der Waals surface area contributed by atoms with Crippen LogP contribution in [-0.4, -0.2) is 11.1 Å². The minimum absolute atomic E-state index is 0.314. The van der Waals surface area contributed by atoms with Crippen molar-refractivity contribution in [2.45, 2.75) is 0 Å². The summed E-state index contributed by atoms with van der Waals surface area (Å²) >= 11 is 10.4. The van der Waals surface area contributed by atoms with Gasteiger partial charge in [-0.25, -0.2) is 4.79 Å². The Hall–Kier alpha value is -0.910. The second kappa shape index (κ2) is 5.13. The van der Waals surface area contributed by atoms with Crippen molar-refractivity contribution in [1.29, 1.82) is 0 Å². The van der Waals surface area contributed by atoms with E-state index in [1.165, 1.54) is 0 Å². The Balaban J connectivity index is 2.58. The zero-order valence-corrected chi connectivity index (χ0v) is 14.7. The first kappa shape index (κ1) is 14.0. The van der Waals surface area contributed by atoms with E-state index < -0.39 is 5.97 Å². The average Bonchev–Trinajstić information content (AvgIpc) is 2.39. The second-order valence-corrected chi connectivity index (χ2v) is 7.03. The van der Waals surface area contributed by atoms with Crippen LogP contribution in [0.1, 0.15) is 10.4 Å². The maximum absolute atomic E-state index is 11.5. The van der Waals surface area contributed by atoms with Crippen molar-refractivity contribution in [1.82, 2.24) is 0 Å². The molecule has 0 bridgehead atoms. The molecule has 2 nitrogen and oxygen atoms in total. The number of hydrogen-bond acceptors (Lipinski definition) is 1. The van der Waals surface area contributed by atoms with E-state index in [9.17, 15) is 9.90 Å². The van der Waals surface area contributed by atoms with E-state index in [1.54, 1.807) is 6.07 Å². The fraction of sp³-hybridized carbons (Fsp3) is 0. The standard InChI is InChI=1S/C15H7Br3O2/c16-8-1-2-9-11(5-8)10-6-14(18)13(17)4-7(10)3-12(9)15(19)20/h1-6H,(H,19,20). The maximum atomic E-state index is 11.5. The third-order valence-electron chi connectivity index (χ3n) is 3.18. The van der Waals surface area contributed by atoms with E-state index in [4.69, 9.17) is 0 Å². The third-order valence-corrected chi connectivity index (χ3v) is 5.52. The second-order valence-electron chi connectivity index (χ2n) is 4.41. The first-order chi connectivity index (χ1) is 9.47. The molecule has 0 aromatic heterocycles. The molecular formula is C15H7Br3O2. The number of rotatable bonds is 1. The highest BCUT2D eigenvalue weighted by atomic mass is 79.9. The molecule has 5 heteroatoms. The van der Waals surface area contributed by atoms with E-state index in [0.29, 0.717) is 5.56 Å². The fourth-order valence-corrected chi connectivity index (χ4v) is 3.36. The van der Waals surface area contributed by atoms with Crippen molar-refractivity contribution in [3.63, 3.8) is 0 Å². The van der Waals surface area contributed by atoms with Gasteiger partial charge in [0.1, 0.15) is 0 Å². The predicted molar refractivity (Wildman–Crippen MR) is 91.5 cm³/mol. The monoisotopic (exact) mass is 456 g/mol. The smallest absolute Gasteiger partial charge is 0.336 e. The summed E-state index contributed by atoms with van der Waals surface area (Å²) in [7, 11) is 0. The molecule has 1 N–H and O–H groups in total. The lowest BCUT2D eigenvalue weighted by molar-refractivity contribution is 0.0699. The molecule has 0 heterocycles. The van der Waals surface area contributed by atoms with E-state index in [0.717, 1.165) is 35.0 Å². The topological polar surface area (TPSA) is 37.3 Å². The van der Waals surface area contributed by atoms with Gasteiger partial charge in [0, 0.05) is 13.4 Å². The van der Waals surface area contributed by atoms with Crippen LogP contribution >= 0.6 is 47.8 Å². The van der Waals surface area contributed by atoms with Gasteiger partial charge in [-0.2, -0.15) is 0 Å². The molecule has 0 atom stereocenters. The average molecular weight is 459 g/mol. The summed E-state index contributed by atoms with van der Waals surface area (Å²) in [6.45, 7) is 0. The molecule has 0 saturated carbocycles. The van der Waals surface area contributed by atoms with E-state index in [2.05, 4.69) is 47.8 Å². The van der Waals surface area contributed by atoms with Crippen molar-refractivity contribution < 1.29 is 9.90 Å². The molecule has 0 fully saturated rings. The number of aromatic carboxylic acids is 1. The number of carboxylic acid groups (broad SMARTS) is 1. The predicted octanol–water partition coefficient (Wildman–Crippen LogP) is 5.98. The first-order valence-corrected chi connectivity index (χ1v) is 8.09. The number of benzene rings is 3. The van der Waals surface area contributed by atoms with E-state index in [1.807, 2.05) is 30.3 Å². The largest absolute Gasteiger partial charge is 0.478 e. The molecule has 0 radical (unpaired) electrons. The lowest BCUT2D eigenvalue weighted by Crippen LogP contribution is -1.98. The highest BCUT2D eigenvalue weighted by Gasteiger charge is 2.13. The summed E-state index contributed by atoms with van der Waals surface area (Å²) in [5.41, 5.74) is 0.314. The van der Waals surface area contributed by atoms with Crippen LogP contribution in [0.2, 0.25) is 0 Å². The van der Waals surface area contributed by atoms with Gasteiger partial charge in [0.05, 0.1) is 5.56 Å². The van der Waals surface area contributed by atoms with Crippen LogP contribution in [0.25, 0.3) is 21.5 Å². The normalized spacial score (nSPS) is 11.2. The zero-order chi connectivity index (χ0) is 14.4. The molecule has 100 valence electrons. The van der Waals surface area contributed by atoms with Gasteiger partial charge in [-0.05, 0) is 83.7 Å². The number of fused-ring (bicyclic) bond motifs is 3. The lowest BCUT2D eigenvalue weighted by atomic mass is 9.97. The molecule has 0 saturated heterocycles. The molecule has 0 spiro atoms. The van der Waals surface area contributed by atoms with Gasteiger partial charge in [-0.15, -0.1) is 0 Å². The minimum Gasteiger partial charge on any atom is -0.478 e. The Morgan fingerprint density at radius 2 is 1.55 bits per heavy atom. The number of hydrogen-bond donors (Lipinski definition) is 1. The molecule has 3 aromatic carbocycles. The Morgan fingerprint density at radius 1 is 0.850 bits per heavy atom. The molecule has 3 aromatic rings. The summed E-state index contributed by atoms with van der Waals surface area (Å²) in [5.74, 6) is -0.918. The van der Waals surface area contributed by atoms with Crippen molar-refractivity contribution in [2.24, 2.45) is 0 Å². The molecule has 3 rings (SSSR count). The van der Waals surface area contributed by atoms with Gasteiger partial charge in [0.15, 0.2) is 0 Å². The molecular weight excluding hydrogens is 452 g/mol. The first-order valence-electron chi connectivity index (χ1n) is 5.71. The molecule has 0 aliphatic carbocycles. The van der Waals surface area contributed by atoms with Crippen LogP contribution in [-0.2, 0) is 0 Å². The van der Waals surface area contributed by atoms with Gasteiger partial charge >= 0.3 is 5.97 Å². The number of carboxylic acids is 1. The molecule has 0 aliphatic heterocycles. The highest BCUT2D eigenvalue weighted by molar-refractivity contribution is 9.13. The van der Waals surface area contributed by atoms with Crippen LogP contribution in [0, 0.1) is 0 Å². The summed E-state index contributed by atoms with van der Waals surface area (Å²) in [6, 6.07) is 11.3. The van der Waals surface area contributed by atoms with Gasteiger partial charge in [0.2, 0.25) is 0 Å². The van der Waals surface area contributed by atoms with E-state index in [-0.39, 0.29) is 0 Å². The maximum Gasteiger partial charge on any atom is 0.336 e. The Morgan fingerprint density at radius 3 is 2.25 bits per heavy atom. The van der Waals surface area contributed by atoms with Crippen LogP contribution in [0.3, 0.4) is 0 Å². The Labute approximate surface area is 140 Å². The van der Waals surface area contributed by atoms with Gasteiger partial charge < -0.3 is 5.11 Å². The lowest BCUT2D eigenvalue weighted by Gasteiger charge is -2.10. The SMILES string of the molecule is O=C(O)c1cc2cc(Br)c(Br)cc2c2cc(Br)ccc12. The van der Waals surface area contributed by atoms with Crippen LogP contribution < -0.4 is 0 Å². The fourth-order valence-electron chi connectivity index (χ4n) is 2.30. The van der Waals surface area contributed by atoms with Crippen molar-refractivity contribution >= 4 is 75.3 Å². The summed E-state index contributed by atoms with van der Waals surface area (Å²) in [5, 5.41) is 13.0. The van der Waals surface area contributed by atoms with Crippen LogP contribution in [0.5, 0.6) is 0 Å². The molecule has 0 aliphatic rings. The third kappa shape index (κ3) is 2.28. The highest BCUT2D eigenvalue weighted by Crippen LogP contribution is 2.35. The number of carbonyl (C=O) groups is 1. The summed E-state index contributed by atoms with van der Waals surface area (Å²) < 4.78 is 2.76. The van der Waals surface area contributed by atoms with Crippen molar-refractivity contribution in [2.75, 3.05) is 0 Å². The zero-order valence-electron chi connectivity index (χ0n) is 9.95. The summed E-state index contributed by atoms with van der Waals surface area (Å²) in [6.07, 6.45) is 0. The van der Waals surface area contributed by atoms with Crippen LogP contribution in [0.4, 0.5) is 0 Å². The minimum atomic E-state index is -0.918. The van der Waals surface area contributed by atoms with E-state index >= 15 is 0 Å².